The van der Waals surface area contributed by atoms with Gasteiger partial charge in [-0.2, -0.15) is 0 Å². The summed E-state index contributed by atoms with van der Waals surface area (Å²) in [5.74, 6) is 6.38. The molecule has 4 heteroatoms. The molecule has 2 aliphatic rings. The molecule has 1 aromatic rings. The molecule has 3 rings (SSSR count). The van der Waals surface area contributed by atoms with Crippen LogP contribution in [0.4, 0.5) is 0 Å². The van der Waals surface area contributed by atoms with E-state index in [-0.39, 0.29) is 5.60 Å². The summed E-state index contributed by atoms with van der Waals surface area (Å²) in [5.41, 5.74) is 3.22. The van der Waals surface area contributed by atoms with Gasteiger partial charge in [0.15, 0.2) is 0 Å². The van der Waals surface area contributed by atoms with E-state index in [2.05, 4.69) is 22.9 Å². The summed E-state index contributed by atoms with van der Waals surface area (Å²) < 4.78 is 5.98. The smallest absolute Gasteiger partial charge is 0.0686 e. The van der Waals surface area contributed by atoms with E-state index >= 15 is 0 Å². The first-order chi connectivity index (χ1) is 8.33. The lowest BCUT2D eigenvalue weighted by Gasteiger charge is -2.48. The molecule has 2 heterocycles. The van der Waals surface area contributed by atoms with Crippen LogP contribution in [0.1, 0.15) is 43.0 Å². The van der Waals surface area contributed by atoms with Crippen molar-refractivity contribution in [1.29, 1.82) is 0 Å². The zero-order chi connectivity index (χ0) is 11.7. The Balaban J connectivity index is 1.73. The molecule has 0 aromatic carbocycles. The lowest BCUT2D eigenvalue weighted by Crippen LogP contribution is -2.48. The van der Waals surface area contributed by atoms with Crippen LogP contribution in [0, 0.1) is 5.92 Å². The van der Waals surface area contributed by atoms with Crippen LogP contribution in [0.5, 0.6) is 0 Å². The van der Waals surface area contributed by atoms with Gasteiger partial charge in [0.1, 0.15) is 0 Å². The first-order valence-corrected chi connectivity index (χ1v) is 7.34. The van der Waals surface area contributed by atoms with E-state index in [0.29, 0.717) is 12.0 Å². The lowest BCUT2D eigenvalue weighted by atomic mass is 9.70. The van der Waals surface area contributed by atoms with Crippen molar-refractivity contribution in [2.75, 3.05) is 6.61 Å². The van der Waals surface area contributed by atoms with E-state index in [1.54, 1.807) is 11.3 Å². The maximum Gasteiger partial charge on any atom is 0.0686 e. The van der Waals surface area contributed by atoms with Crippen molar-refractivity contribution in [3.8, 4) is 0 Å². The first kappa shape index (κ1) is 11.7. The third-order valence-electron chi connectivity index (χ3n) is 4.30. The number of nitrogens with one attached hydrogen (secondary N) is 1. The fraction of sp³-hybridized carbons (Fsp3) is 0.692. The van der Waals surface area contributed by atoms with Crippen molar-refractivity contribution in [1.82, 2.24) is 5.43 Å². The van der Waals surface area contributed by atoms with Crippen LogP contribution in [0.25, 0.3) is 0 Å². The summed E-state index contributed by atoms with van der Waals surface area (Å²) in [6.45, 7) is 0.897. The quantitative estimate of drug-likeness (QED) is 0.642. The number of ether oxygens (including phenoxy) is 1. The highest BCUT2D eigenvalue weighted by atomic mass is 32.1. The SMILES string of the molecule is NNC(c1cccs1)C1CCOC2(CCC2)C1. The molecule has 0 radical (unpaired) electrons. The zero-order valence-electron chi connectivity index (χ0n) is 10.0. The van der Waals surface area contributed by atoms with Gasteiger partial charge >= 0.3 is 0 Å². The van der Waals surface area contributed by atoms with Crippen LogP contribution in [0.15, 0.2) is 17.5 Å². The summed E-state index contributed by atoms with van der Waals surface area (Å²) in [5, 5.41) is 2.12. The molecule has 2 atom stereocenters. The molecule has 1 spiro atoms. The predicted molar refractivity (Wildman–Crippen MR) is 69.6 cm³/mol. The number of nitrogens with two attached hydrogens (primary N) is 1. The molecule has 17 heavy (non-hydrogen) atoms. The van der Waals surface area contributed by atoms with Gasteiger partial charge in [-0.25, -0.2) is 0 Å². The standard InChI is InChI=1S/C13H20N2OS/c14-15-12(11-3-1-8-17-11)10-4-7-16-13(9-10)5-2-6-13/h1,3,8,10,12,15H,2,4-7,9,14H2. The summed E-state index contributed by atoms with van der Waals surface area (Å²) in [7, 11) is 0. The summed E-state index contributed by atoms with van der Waals surface area (Å²) in [6.07, 6.45) is 6.09. The van der Waals surface area contributed by atoms with Crippen LogP contribution in [-0.2, 0) is 4.74 Å². The minimum atomic E-state index is 0.204. The van der Waals surface area contributed by atoms with Crippen molar-refractivity contribution in [3.63, 3.8) is 0 Å². The van der Waals surface area contributed by atoms with Crippen molar-refractivity contribution in [3.05, 3.63) is 22.4 Å². The second kappa shape index (κ2) is 4.69. The van der Waals surface area contributed by atoms with Gasteiger partial charge in [0, 0.05) is 11.5 Å². The number of rotatable bonds is 3. The average Bonchev–Trinajstić information content (AvgIpc) is 2.82. The van der Waals surface area contributed by atoms with Crippen molar-refractivity contribution >= 4 is 11.3 Å². The Labute approximate surface area is 106 Å². The molecule has 3 N–H and O–H groups in total. The van der Waals surface area contributed by atoms with Crippen molar-refractivity contribution < 1.29 is 4.74 Å². The molecule has 1 saturated carbocycles. The molecular formula is C13H20N2OS. The third kappa shape index (κ3) is 2.15. The fourth-order valence-corrected chi connectivity index (χ4v) is 4.07. The highest BCUT2D eigenvalue weighted by molar-refractivity contribution is 7.10. The Hall–Kier alpha value is -0.420. The number of hydrogen-bond donors (Lipinski definition) is 2. The molecule has 0 amide bonds. The molecule has 94 valence electrons. The predicted octanol–water partition coefficient (Wildman–Crippen LogP) is 2.60. The molecule has 0 bridgehead atoms. The van der Waals surface area contributed by atoms with Crippen LogP contribution < -0.4 is 11.3 Å². The molecule has 1 aromatic heterocycles. The topological polar surface area (TPSA) is 47.3 Å². The van der Waals surface area contributed by atoms with Crippen LogP contribution in [0.3, 0.4) is 0 Å². The second-order valence-electron chi connectivity index (χ2n) is 5.30. The number of hydrogen-bond acceptors (Lipinski definition) is 4. The number of hydrazine groups is 1. The van der Waals surface area contributed by atoms with E-state index in [9.17, 15) is 0 Å². The van der Waals surface area contributed by atoms with Gasteiger partial charge in [-0.15, -0.1) is 11.3 Å². The van der Waals surface area contributed by atoms with E-state index in [4.69, 9.17) is 10.6 Å². The fourth-order valence-electron chi connectivity index (χ4n) is 3.19. The minimum absolute atomic E-state index is 0.204. The van der Waals surface area contributed by atoms with E-state index in [1.807, 2.05) is 0 Å². The molecule has 1 saturated heterocycles. The highest BCUT2D eigenvalue weighted by Crippen LogP contribution is 2.47. The average molecular weight is 252 g/mol. The van der Waals surface area contributed by atoms with E-state index in [0.717, 1.165) is 13.0 Å². The monoisotopic (exact) mass is 252 g/mol. The Morgan fingerprint density at radius 3 is 3.00 bits per heavy atom. The second-order valence-corrected chi connectivity index (χ2v) is 6.28. The van der Waals surface area contributed by atoms with Crippen LogP contribution in [0.2, 0.25) is 0 Å². The summed E-state index contributed by atoms with van der Waals surface area (Å²) in [6, 6.07) is 4.58. The third-order valence-corrected chi connectivity index (χ3v) is 5.25. The molecular weight excluding hydrogens is 232 g/mol. The van der Waals surface area contributed by atoms with Gasteiger partial charge in [-0.05, 0) is 49.5 Å². The van der Waals surface area contributed by atoms with Crippen LogP contribution >= 0.6 is 11.3 Å². The molecule has 3 nitrogen and oxygen atoms in total. The summed E-state index contributed by atoms with van der Waals surface area (Å²) in [4.78, 5) is 1.36. The number of thiophene rings is 1. The van der Waals surface area contributed by atoms with Crippen molar-refractivity contribution in [2.45, 2.75) is 43.7 Å². The molecule has 2 fully saturated rings. The van der Waals surface area contributed by atoms with Gasteiger partial charge in [0.05, 0.1) is 11.6 Å². The minimum Gasteiger partial charge on any atom is -0.375 e. The summed E-state index contributed by atoms with van der Waals surface area (Å²) >= 11 is 1.79. The van der Waals surface area contributed by atoms with Gasteiger partial charge < -0.3 is 4.74 Å². The lowest BCUT2D eigenvalue weighted by molar-refractivity contribution is -0.147. The maximum absolute atomic E-state index is 5.98. The van der Waals surface area contributed by atoms with Crippen LogP contribution in [-0.4, -0.2) is 12.2 Å². The zero-order valence-corrected chi connectivity index (χ0v) is 10.8. The normalized spacial score (nSPS) is 28.9. The van der Waals surface area contributed by atoms with Gasteiger partial charge in [0.2, 0.25) is 0 Å². The molecule has 1 aliphatic carbocycles. The van der Waals surface area contributed by atoms with Gasteiger partial charge in [-0.1, -0.05) is 6.07 Å². The Morgan fingerprint density at radius 2 is 2.41 bits per heavy atom. The van der Waals surface area contributed by atoms with E-state index in [1.165, 1.54) is 30.6 Å². The Bertz CT molecular complexity index is 362. The Kier molecular flexibility index (Phi) is 3.21. The highest BCUT2D eigenvalue weighted by Gasteiger charge is 2.44. The van der Waals surface area contributed by atoms with Gasteiger partial charge in [0.25, 0.3) is 0 Å². The van der Waals surface area contributed by atoms with E-state index < -0.39 is 0 Å². The van der Waals surface area contributed by atoms with Gasteiger partial charge in [-0.3, -0.25) is 11.3 Å². The first-order valence-electron chi connectivity index (χ1n) is 6.46. The molecule has 2 unspecified atom stereocenters. The largest absolute Gasteiger partial charge is 0.375 e. The molecule has 1 aliphatic heterocycles. The van der Waals surface area contributed by atoms with Crippen molar-refractivity contribution in [2.24, 2.45) is 11.8 Å². The Morgan fingerprint density at radius 1 is 1.53 bits per heavy atom. The maximum atomic E-state index is 5.98.